The lowest BCUT2D eigenvalue weighted by molar-refractivity contribution is -0.139. The van der Waals surface area contributed by atoms with E-state index in [2.05, 4.69) is 15.4 Å². The van der Waals surface area contributed by atoms with Crippen LogP contribution >= 0.6 is 0 Å². The maximum atomic E-state index is 11.1. The minimum Gasteiger partial charge on any atom is -0.466 e. The Bertz CT molecular complexity index is 314. The number of urea groups is 1. The van der Waals surface area contributed by atoms with Crippen LogP contribution in [0.25, 0.3) is 0 Å². The fourth-order valence-corrected chi connectivity index (χ4v) is 0.797. The van der Waals surface area contributed by atoms with E-state index in [0.29, 0.717) is 0 Å². The molecule has 0 aromatic rings. The molecule has 0 aromatic carbocycles. The van der Waals surface area contributed by atoms with Crippen LogP contribution in [0.2, 0.25) is 0 Å². The molecule has 0 saturated carbocycles. The Morgan fingerprint density at radius 1 is 1.24 bits per heavy atom. The van der Waals surface area contributed by atoms with Crippen molar-refractivity contribution in [2.45, 2.75) is 13.0 Å². The van der Waals surface area contributed by atoms with Gasteiger partial charge in [0.1, 0.15) is 6.61 Å². The van der Waals surface area contributed by atoms with Crippen molar-refractivity contribution >= 4 is 18.0 Å². The molecule has 17 heavy (non-hydrogen) atoms. The lowest BCUT2D eigenvalue weighted by atomic mass is 10.4. The van der Waals surface area contributed by atoms with Gasteiger partial charge in [-0.2, -0.15) is 0 Å². The molecule has 96 valence electrons. The summed E-state index contributed by atoms with van der Waals surface area (Å²) in [4.78, 5) is 32.6. The van der Waals surface area contributed by atoms with Gasteiger partial charge in [0.15, 0.2) is 0 Å². The summed E-state index contributed by atoms with van der Waals surface area (Å²) >= 11 is 0. The standard InChI is InChI=1S/C10H16N2O5/c1-7(12-10(15)11-2)6-17-9(14)5-4-8(13)16-3/h4-5,7H,6H2,1-3H3,(H2,11,12,15)/b5-4+/t7-/m1/s1. The van der Waals surface area contributed by atoms with E-state index in [9.17, 15) is 14.4 Å². The number of esters is 2. The number of hydrogen-bond acceptors (Lipinski definition) is 5. The van der Waals surface area contributed by atoms with Gasteiger partial charge in [-0.05, 0) is 6.92 Å². The van der Waals surface area contributed by atoms with E-state index < -0.39 is 11.9 Å². The molecule has 0 aliphatic rings. The maximum absolute atomic E-state index is 11.1. The molecule has 0 rings (SSSR count). The quantitative estimate of drug-likeness (QED) is 0.506. The predicted molar refractivity (Wildman–Crippen MR) is 59.2 cm³/mol. The number of carbonyl (C=O) groups is 3. The molecule has 7 nitrogen and oxygen atoms in total. The van der Waals surface area contributed by atoms with Crippen molar-refractivity contribution in [3.8, 4) is 0 Å². The number of carbonyl (C=O) groups excluding carboxylic acids is 3. The Morgan fingerprint density at radius 2 is 1.82 bits per heavy atom. The molecule has 2 amide bonds. The summed E-state index contributed by atoms with van der Waals surface area (Å²) in [5.41, 5.74) is 0. The Morgan fingerprint density at radius 3 is 2.35 bits per heavy atom. The number of ether oxygens (including phenoxy) is 2. The summed E-state index contributed by atoms with van der Waals surface area (Å²) in [5.74, 6) is -1.32. The molecule has 0 saturated heterocycles. The molecule has 0 aliphatic carbocycles. The average molecular weight is 244 g/mol. The normalized spacial score (nSPS) is 11.7. The van der Waals surface area contributed by atoms with E-state index >= 15 is 0 Å². The Labute approximate surface area is 99.1 Å². The number of hydrogen-bond donors (Lipinski definition) is 2. The van der Waals surface area contributed by atoms with Crippen LogP contribution in [0.5, 0.6) is 0 Å². The fourth-order valence-electron chi connectivity index (χ4n) is 0.797. The van der Waals surface area contributed by atoms with Crippen molar-refractivity contribution in [2.75, 3.05) is 20.8 Å². The minimum atomic E-state index is -0.680. The Hall–Kier alpha value is -2.05. The van der Waals surface area contributed by atoms with Crippen LogP contribution in [0.3, 0.4) is 0 Å². The SMILES string of the molecule is CNC(=O)N[C@H](C)COC(=O)/C=C/C(=O)OC. The Balaban J connectivity index is 3.87. The minimum absolute atomic E-state index is 0.0117. The first-order valence-corrected chi connectivity index (χ1v) is 4.90. The highest BCUT2D eigenvalue weighted by Gasteiger charge is 2.07. The highest BCUT2D eigenvalue weighted by atomic mass is 16.5. The average Bonchev–Trinajstić information content (AvgIpc) is 2.32. The third-order valence-corrected chi connectivity index (χ3v) is 1.64. The van der Waals surface area contributed by atoms with Gasteiger partial charge in [0.05, 0.1) is 13.2 Å². The van der Waals surface area contributed by atoms with Crippen molar-refractivity contribution in [3.63, 3.8) is 0 Å². The van der Waals surface area contributed by atoms with Crippen molar-refractivity contribution in [1.82, 2.24) is 10.6 Å². The largest absolute Gasteiger partial charge is 0.466 e. The van der Waals surface area contributed by atoms with Gasteiger partial charge in [0.25, 0.3) is 0 Å². The second kappa shape index (κ2) is 8.14. The van der Waals surface area contributed by atoms with Gasteiger partial charge < -0.3 is 20.1 Å². The van der Waals surface area contributed by atoms with Crippen molar-refractivity contribution in [1.29, 1.82) is 0 Å². The van der Waals surface area contributed by atoms with Gasteiger partial charge in [-0.1, -0.05) is 0 Å². The summed E-state index contributed by atoms with van der Waals surface area (Å²) in [6.07, 6.45) is 1.91. The second-order valence-corrected chi connectivity index (χ2v) is 3.11. The fraction of sp³-hybridized carbons (Fsp3) is 0.500. The molecule has 0 unspecified atom stereocenters. The van der Waals surface area contributed by atoms with Gasteiger partial charge in [-0.25, -0.2) is 14.4 Å². The highest BCUT2D eigenvalue weighted by Crippen LogP contribution is 1.88. The lowest BCUT2D eigenvalue weighted by Gasteiger charge is -2.12. The van der Waals surface area contributed by atoms with Crippen molar-refractivity contribution in [3.05, 3.63) is 12.2 Å². The van der Waals surface area contributed by atoms with E-state index in [1.165, 1.54) is 14.2 Å². The van der Waals surface area contributed by atoms with E-state index in [-0.39, 0.29) is 18.7 Å². The molecular formula is C10H16N2O5. The zero-order chi connectivity index (χ0) is 13.3. The third-order valence-electron chi connectivity index (χ3n) is 1.64. The van der Waals surface area contributed by atoms with E-state index in [4.69, 9.17) is 4.74 Å². The number of rotatable bonds is 5. The molecule has 0 fully saturated rings. The highest BCUT2D eigenvalue weighted by molar-refractivity contribution is 5.91. The molecule has 2 N–H and O–H groups in total. The first-order valence-electron chi connectivity index (χ1n) is 4.90. The van der Waals surface area contributed by atoms with E-state index in [1.807, 2.05) is 0 Å². The molecule has 0 heterocycles. The predicted octanol–water partition coefficient (Wildman–Crippen LogP) is -0.424. The van der Waals surface area contributed by atoms with Crippen LogP contribution < -0.4 is 10.6 Å². The summed E-state index contributed by atoms with van der Waals surface area (Å²) in [6, 6.07) is -0.691. The van der Waals surface area contributed by atoms with Crippen LogP contribution in [0.1, 0.15) is 6.92 Å². The van der Waals surface area contributed by atoms with E-state index in [1.54, 1.807) is 6.92 Å². The van der Waals surface area contributed by atoms with Crippen molar-refractivity contribution < 1.29 is 23.9 Å². The lowest BCUT2D eigenvalue weighted by Crippen LogP contribution is -2.41. The van der Waals surface area contributed by atoms with Crippen LogP contribution in [-0.4, -0.2) is 44.8 Å². The molecule has 7 heteroatoms. The van der Waals surface area contributed by atoms with E-state index in [0.717, 1.165) is 12.2 Å². The molecule has 1 atom stereocenters. The summed E-state index contributed by atoms with van der Waals surface area (Å²) in [5, 5.41) is 4.88. The topological polar surface area (TPSA) is 93.7 Å². The van der Waals surface area contributed by atoms with Crippen LogP contribution in [0.15, 0.2) is 12.2 Å². The molecule has 0 aromatic heterocycles. The van der Waals surface area contributed by atoms with Gasteiger partial charge in [0.2, 0.25) is 0 Å². The van der Waals surface area contributed by atoms with Gasteiger partial charge >= 0.3 is 18.0 Å². The second-order valence-electron chi connectivity index (χ2n) is 3.11. The zero-order valence-corrected chi connectivity index (χ0v) is 9.98. The summed E-state index contributed by atoms with van der Waals surface area (Å²) in [7, 11) is 2.68. The molecule has 0 radical (unpaired) electrons. The van der Waals surface area contributed by atoms with Gasteiger partial charge in [-0.15, -0.1) is 0 Å². The maximum Gasteiger partial charge on any atom is 0.331 e. The first kappa shape index (κ1) is 14.9. The molecule has 0 spiro atoms. The van der Waals surface area contributed by atoms with Crippen LogP contribution in [0.4, 0.5) is 4.79 Å². The van der Waals surface area contributed by atoms with Crippen LogP contribution in [0, 0.1) is 0 Å². The third kappa shape index (κ3) is 7.83. The smallest absolute Gasteiger partial charge is 0.331 e. The Kier molecular flexibility index (Phi) is 7.16. The summed E-state index contributed by atoms with van der Waals surface area (Å²) < 4.78 is 9.06. The summed E-state index contributed by atoms with van der Waals surface area (Å²) in [6.45, 7) is 1.68. The van der Waals surface area contributed by atoms with Gasteiger partial charge in [0, 0.05) is 19.2 Å². The molecule has 0 aliphatic heterocycles. The number of amides is 2. The molecule has 0 bridgehead atoms. The van der Waals surface area contributed by atoms with Crippen LogP contribution in [-0.2, 0) is 19.1 Å². The zero-order valence-electron chi connectivity index (χ0n) is 9.98. The monoisotopic (exact) mass is 244 g/mol. The number of methoxy groups -OCH3 is 1. The first-order chi connectivity index (χ1) is 7.99. The number of nitrogens with one attached hydrogen (secondary N) is 2. The molecular weight excluding hydrogens is 228 g/mol. The van der Waals surface area contributed by atoms with Crippen molar-refractivity contribution in [2.24, 2.45) is 0 Å². The van der Waals surface area contributed by atoms with Gasteiger partial charge in [-0.3, -0.25) is 0 Å².